The van der Waals surface area contributed by atoms with Gasteiger partial charge >= 0.3 is 0 Å². The fraction of sp³-hybridized carbons (Fsp3) is 0. The number of halogens is 1. The third-order valence-corrected chi connectivity index (χ3v) is 3.31. The van der Waals surface area contributed by atoms with Crippen LogP contribution in [0.3, 0.4) is 0 Å². The van der Waals surface area contributed by atoms with Crippen LogP contribution in [-0.4, -0.2) is 14.4 Å². The molecule has 3 N–H and O–H groups in total. The summed E-state index contributed by atoms with van der Waals surface area (Å²) in [6, 6.07) is 4.39. The first-order valence-electron chi connectivity index (χ1n) is 3.65. The van der Waals surface area contributed by atoms with E-state index < -0.39 is 10.0 Å². The van der Waals surface area contributed by atoms with Gasteiger partial charge < -0.3 is 5.73 Å². The van der Waals surface area contributed by atoms with Crippen molar-refractivity contribution >= 4 is 33.3 Å². The zero-order chi connectivity index (χ0) is 10.3. The molecule has 7 heteroatoms. The highest BCUT2D eigenvalue weighted by Crippen LogP contribution is 2.29. The minimum Gasteiger partial charge on any atom is -0.369 e. The Morgan fingerprint density at radius 1 is 1.43 bits per heavy atom. The van der Waals surface area contributed by atoms with Gasteiger partial charge in [-0.05, 0) is 18.2 Å². The third-order valence-electron chi connectivity index (χ3n) is 1.69. The molecule has 1 aromatic rings. The number of nitrogens with two attached hydrogens (primary N) is 1. The van der Waals surface area contributed by atoms with Crippen molar-refractivity contribution in [1.82, 2.24) is 4.72 Å². The molecule has 0 aliphatic carbocycles. The smallest absolute Gasteiger partial charge is 0.266 e. The van der Waals surface area contributed by atoms with Gasteiger partial charge in [0.25, 0.3) is 10.0 Å². The van der Waals surface area contributed by atoms with E-state index in [-0.39, 0.29) is 10.9 Å². The minimum absolute atomic E-state index is 0.0409. The van der Waals surface area contributed by atoms with Crippen LogP contribution in [0.5, 0.6) is 0 Å². The van der Waals surface area contributed by atoms with Gasteiger partial charge in [0.2, 0.25) is 5.96 Å². The molecular formula is C7H6ClN3O2S. The molecule has 1 aromatic carbocycles. The van der Waals surface area contributed by atoms with Gasteiger partial charge in [-0.1, -0.05) is 11.6 Å². The SMILES string of the molecule is NC1=Nc2ccc(Cl)cc2S(=O)(=O)N1. The summed E-state index contributed by atoms with van der Waals surface area (Å²) in [4.78, 5) is 3.87. The molecule has 0 radical (unpaired) electrons. The molecule has 0 spiro atoms. The van der Waals surface area contributed by atoms with Crippen molar-refractivity contribution in [1.29, 1.82) is 0 Å². The fourth-order valence-electron chi connectivity index (χ4n) is 1.14. The van der Waals surface area contributed by atoms with Crippen LogP contribution in [0.15, 0.2) is 28.1 Å². The Kier molecular flexibility index (Phi) is 1.90. The van der Waals surface area contributed by atoms with E-state index in [1.807, 2.05) is 0 Å². The summed E-state index contributed by atoms with van der Waals surface area (Å²) in [5.74, 6) is -0.139. The van der Waals surface area contributed by atoms with Crippen LogP contribution in [-0.2, 0) is 10.0 Å². The number of benzene rings is 1. The number of hydrogen-bond donors (Lipinski definition) is 2. The van der Waals surface area contributed by atoms with Crippen molar-refractivity contribution in [3.05, 3.63) is 23.2 Å². The molecule has 0 saturated carbocycles. The van der Waals surface area contributed by atoms with Crippen LogP contribution in [0.25, 0.3) is 0 Å². The molecule has 0 aromatic heterocycles. The molecule has 74 valence electrons. The van der Waals surface area contributed by atoms with E-state index in [2.05, 4.69) is 9.71 Å². The van der Waals surface area contributed by atoms with Gasteiger partial charge in [0.05, 0.1) is 5.69 Å². The lowest BCUT2D eigenvalue weighted by Gasteiger charge is -2.14. The maximum atomic E-state index is 11.5. The predicted molar refractivity (Wildman–Crippen MR) is 53.1 cm³/mol. The van der Waals surface area contributed by atoms with Crippen molar-refractivity contribution in [3.8, 4) is 0 Å². The maximum absolute atomic E-state index is 11.5. The van der Waals surface area contributed by atoms with E-state index in [9.17, 15) is 8.42 Å². The molecule has 0 fully saturated rings. The Balaban J connectivity index is 2.77. The Hall–Kier alpha value is -1.27. The zero-order valence-electron chi connectivity index (χ0n) is 6.86. The first-order valence-corrected chi connectivity index (χ1v) is 5.52. The second-order valence-corrected chi connectivity index (χ2v) is 4.80. The number of aliphatic imine (C=N–C) groups is 1. The molecule has 1 aliphatic heterocycles. The van der Waals surface area contributed by atoms with Crippen molar-refractivity contribution in [2.75, 3.05) is 0 Å². The second kappa shape index (κ2) is 2.86. The van der Waals surface area contributed by atoms with Gasteiger partial charge in [0, 0.05) is 5.02 Å². The number of rotatable bonds is 0. The largest absolute Gasteiger partial charge is 0.369 e. The summed E-state index contributed by atoms with van der Waals surface area (Å²) in [5, 5.41) is 0.338. The van der Waals surface area contributed by atoms with E-state index in [0.29, 0.717) is 10.7 Å². The Morgan fingerprint density at radius 2 is 2.14 bits per heavy atom. The monoisotopic (exact) mass is 231 g/mol. The van der Waals surface area contributed by atoms with Crippen LogP contribution in [0.1, 0.15) is 0 Å². The molecule has 0 atom stereocenters. The lowest BCUT2D eigenvalue weighted by atomic mass is 10.3. The first-order chi connectivity index (χ1) is 6.49. The summed E-state index contributed by atoms with van der Waals surface area (Å²) in [5.41, 5.74) is 5.59. The third kappa shape index (κ3) is 1.42. The average molecular weight is 232 g/mol. The van der Waals surface area contributed by atoms with E-state index in [1.165, 1.54) is 12.1 Å². The molecule has 0 unspecified atom stereocenters. The van der Waals surface area contributed by atoms with Crippen molar-refractivity contribution in [3.63, 3.8) is 0 Å². The van der Waals surface area contributed by atoms with Gasteiger partial charge in [-0.2, -0.15) is 0 Å². The summed E-state index contributed by atoms with van der Waals surface area (Å²) >= 11 is 5.67. The Bertz CT molecular complexity index is 524. The van der Waals surface area contributed by atoms with E-state index in [1.54, 1.807) is 6.07 Å². The minimum atomic E-state index is -3.60. The number of hydrogen-bond acceptors (Lipinski definition) is 4. The van der Waals surface area contributed by atoms with Gasteiger partial charge in [-0.25, -0.2) is 18.1 Å². The Morgan fingerprint density at radius 3 is 2.86 bits per heavy atom. The standard InChI is InChI=1S/C7H6ClN3O2S/c8-4-1-2-5-6(3-4)14(12,13)11-7(9)10-5/h1-3H,(H3,9,10,11). The molecule has 0 bridgehead atoms. The predicted octanol–water partition coefficient (Wildman–Crippen LogP) is 0.578. The van der Waals surface area contributed by atoms with Crippen LogP contribution in [0.2, 0.25) is 5.02 Å². The number of guanidine groups is 1. The summed E-state index contributed by atoms with van der Waals surface area (Å²) in [6.45, 7) is 0. The van der Waals surface area contributed by atoms with E-state index in [4.69, 9.17) is 17.3 Å². The number of nitrogens with zero attached hydrogens (tertiary/aromatic N) is 1. The highest BCUT2D eigenvalue weighted by molar-refractivity contribution is 7.90. The molecule has 0 amide bonds. The van der Waals surface area contributed by atoms with E-state index in [0.717, 1.165) is 0 Å². The highest BCUT2D eigenvalue weighted by atomic mass is 35.5. The lowest BCUT2D eigenvalue weighted by Crippen LogP contribution is -2.38. The topological polar surface area (TPSA) is 84.5 Å². The normalized spacial score (nSPS) is 17.9. The van der Waals surface area contributed by atoms with Crippen molar-refractivity contribution in [2.45, 2.75) is 4.90 Å². The number of sulfonamides is 1. The number of fused-ring (bicyclic) bond motifs is 1. The zero-order valence-corrected chi connectivity index (χ0v) is 8.43. The van der Waals surface area contributed by atoms with Crippen molar-refractivity contribution in [2.24, 2.45) is 10.7 Å². The summed E-state index contributed by atoms with van der Waals surface area (Å²) in [6.07, 6.45) is 0. The quantitative estimate of drug-likeness (QED) is 0.685. The maximum Gasteiger partial charge on any atom is 0.266 e. The average Bonchev–Trinajstić information content (AvgIpc) is 2.05. The first kappa shape index (κ1) is 9.29. The molecular weight excluding hydrogens is 226 g/mol. The van der Waals surface area contributed by atoms with E-state index >= 15 is 0 Å². The van der Waals surface area contributed by atoms with Crippen LogP contribution < -0.4 is 10.5 Å². The van der Waals surface area contributed by atoms with Crippen LogP contribution in [0.4, 0.5) is 5.69 Å². The van der Waals surface area contributed by atoms with Gasteiger partial charge in [0.1, 0.15) is 4.90 Å². The molecule has 5 nitrogen and oxygen atoms in total. The molecule has 1 heterocycles. The highest BCUT2D eigenvalue weighted by Gasteiger charge is 2.23. The number of nitrogens with one attached hydrogen (secondary N) is 1. The summed E-state index contributed by atoms with van der Waals surface area (Å²) < 4.78 is 25.1. The Labute approximate surface area is 85.6 Å². The van der Waals surface area contributed by atoms with Gasteiger partial charge in [0.15, 0.2) is 0 Å². The molecule has 0 saturated heterocycles. The molecule has 14 heavy (non-hydrogen) atoms. The summed E-state index contributed by atoms with van der Waals surface area (Å²) in [7, 11) is -3.60. The second-order valence-electron chi connectivity index (χ2n) is 2.71. The fourth-order valence-corrected chi connectivity index (χ4v) is 2.48. The van der Waals surface area contributed by atoms with Crippen molar-refractivity contribution < 1.29 is 8.42 Å². The molecule has 2 rings (SSSR count). The lowest BCUT2D eigenvalue weighted by molar-refractivity contribution is 0.591. The van der Waals surface area contributed by atoms with Gasteiger partial charge in [-0.15, -0.1) is 0 Å². The van der Waals surface area contributed by atoms with Crippen LogP contribution >= 0.6 is 11.6 Å². The molecule has 1 aliphatic rings. The van der Waals surface area contributed by atoms with Crippen LogP contribution in [0, 0.1) is 0 Å². The van der Waals surface area contributed by atoms with Gasteiger partial charge in [-0.3, -0.25) is 0 Å².